The Morgan fingerprint density at radius 2 is 2.37 bits per heavy atom. The average molecular weight is 277 g/mol. The monoisotopic (exact) mass is 277 g/mol. The van der Waals surface area contributed by atoms with Crippen LogP contribution in [-0.4, -0.2) is 21.8 Å². The van der Waals surface area contributed by atoms with Gasteiger partial charge in [0.05, 0.1) is 0 Å². The van der Waals surface area contributed by atoms with Crippen LogP contribution in [0, 0.1) is 12.8 Å². The molecule has 1 aliphatic carbocycles. The molecule has 1 aliphatic rings. The lowest BCUT2D eigenvalue weighted by Crippen LogP contribution is -2.27. The molecule has 0 atom stereocenters. The number of carbonyl (C=O) groups is 1. The highest BCUT2D eigenvalue weighted by Gasteiger charge is 2.29. The summed E-state index contributed by atoms with van der Waals surface area (Å²) in [5.74, 6) is 0.368. The standard InChI is InChI=1S/C13H15N3O2S/c1-8-6-11(17)16-10(7-19-13(16)15-8)4-5-14-12(18)9-2-3-9/h6-7,9H,2-5H2,1H3,(H,14,18). The normalized spacial score (nSPS) is 14.8. The van der Waals surface area contributed by atoms with Crippen molar-refractivity contribution in [3.8, 4) is 0 Å². The molecule has 0 bridgehead atoms. The lowest BCUT2D eigenvalue weighted by atomic mass is 10.3. The fourth-order valence-electron chi connectivity index (χ4n) is 2.06. The van der Waals surface area contributed by atoms with Crippen molar-refractivity contribution in [2.45, 2.75) is 26.2 Å². The Hall–Kier alpha value is -1.69. The summed E-state index contributed by atoms with van der Waals surface area (Å²) in [6.45, 7) is 2.39. The third-order valence-corrected chi connectivity index (χ3v) is 4.11. The molecule has 2 aromatic rings. The Kier molecular flexibility index (Phi) is 3.10. The third-order valence-electron chi connectivity index (χ3n) is 3.23. The maximum atomic E-state index is 11.9. The molecular formula is C13H15N3O2S. The van der Waals surface area contributed by atoms with Gasteiger partial charge in [-0.1, -0.05) is 0 Å². The summed E-state index contributed by atoms with van der Waals surface area (Å²) in [6.07, 6.45) is 2.68. The lowest BCUT2D eigenvalue weighted by Gasteiger charge is -2.04. The van der Waals surface area contributed by atoms with Gasteiger partial charge in [0.25, 0.3) is 5.56 Å². The van der Waals surface area contributed by atoms with Crippen LogP contribution in [0.25, 0.3) is 4.96 Å². The largest absolute Gasteiger partial charge is 0.355 e. The highest BCUT2D eigenvalue weighted by molar-refractivity contribution is 7.15. The molecule has 6 heteroatoms. The maximum absolute atomic E-state index is 11.9. The number of amides is 1. The molecule has 19 heavy (non-hydrogen) atoms. The number of aromatic nitrogens is 2. The lowest BCUT2D eigenvalue weighted by molar-refractivity contribution is -0.122. The number of carbonyl (C=O) groups excluding carboxylic acids is 1. The average Bonchev–Trinajstić information content (AvgIpc) is 3.12. The van der Waals surface area contributed by atoms with E-state index in [4.69, 9.17) is 0 Å². The number of nitrogens with one attached hydrogen (secondary N) is 1. The van der Waals surface area contributed by atoms with Crippen LogP contribution in [0.2, 0.25) is 0 Å². The number of fused-ring (bicyclic) bond motifs is 1. The van der Waals surface area contributed by atoms with E-state index in [0.717, 1.165) is 24.2 Å². The molecule has 0 unspecified atom stereocenters. The van der Waals surface area contributed by atoms with E-state index in [2.05, 4.69) is 10.3 Å². The van der Waals surface area contributed by atoms with Crippen LogP contribution in [0.15, 0.2) is 16.2 Å². The first-order valence-electron chi connectivity index (χ1n) is 6.39. The predicted molar refractivity (Wildman–Crippen MR) is 73.5 cm³/mol. The van der Waals surface area contributed by atoms with Gasteiger partial charge in [-0.2, -0.15) is 0 Å². The minimum atomic E-state index is -0.0488. The van der Waals surface area contributed by atoms with Gasteiger partial charge in [0.2, 0.25) is 5.91 Å². The van der Waals surface area contributed by atoms with E-state index in [1.165, 1.54) is 17.4 Å². The van der Waals surface area contributed by atoms with Crippen molar-refractivity contribution < 1.29 is 4.79 Å². The van der Waals surface area contributed by atoms with E-state index in [9.17, 15) is 9.59 Å². The number of nitrogens with zero attached hydrogens (tertiary/aromatic N) is 2. The van der Waals surface area contributed by atoms with Gasteiger partial charge in [0.1, 0.15) is 0 Å². The first kappa shape index (κ1) is 12.3. The minimum absolute atomic E-state index is 0.0488. The Labute approximate surface area is 114 Å². The van der Waals surface area contributed by atoms with Gasteiger partial charge in [0.15, 0.2) is 4.96 Å². The summed E-state index contributed by atoms with van der Waals surface area (Å²) in [5, 5.41) is 4.85. The maximum Gasteiger partial charge on any atom is 0.258 e. The summed E-state index contributed by atoms with van der Waals surface area (Å²) < 4.78 is 1.63. The van der Waals surface area contributed by atoms with Crippen molar-refractivity contribution in [1.82, 2.24) is 14.7 Å². The van der Waals surface area contributed by atoms with E-state index in [-0.39, 0.29) is 17.4 Å². The van der Waals surface area contributed by atoms with Crippen molar-refractivity contribution in [3.63, 3.8) is 0 Å². The first-order valence-corrected chi connectivity index (χ1v) is 7.27. The number of hydrogen-bond acceptors (Lipinski definition) is 4. The molecule has 3 rings (SSSR count). The molecule has 1 amide bonds. The molecule has 100 valence electrons. The molecule has 1 saturated carbocycles. The van der Waals surface area contributed by atoms with Gasteiger partial charge in [-0.15, -0.1) is 11.3 Å². The Balaban J connectivity index is 1.74. The Bertz CT molecular complexity index is 685. The number of aryl methyl sites for hydroxylation is 1. The van der Waals surface area contributed by atoms with E-state index >= 15 is 0 Å². The van der Waals surface area contributed by atoms with Crippen molar-refractivity contribution in [2.75, 3.05) is 6.54 Å². The SMILES string of the molecule is Cc1cc(=O)n2c(CCNC(=O)C3CC3)csc2n1. The van der Waals surface area contributed by atoms with Gasteiger partial charge < -0.3 is 5.32 Å². The molecule has 0 radical (unpaired) electrons. The summed E-state index contributed by atoms with van der Waals surface area (Å²) in [4.78, 5) is 28.5. The molecule has 0 saturated heterocycles. The zero-order valence-electron chi connectivity index (χ0n) is 10.7. The molecule has 2 heterocycles. The van der Waals surface area contributed by atoms with Gasteiger partial charge in [-0.3, -0.25) is 14.0 Å². The fraction of sp³-hybridized carbons (Fsp3) is 0.462. The molecule has 0 aliphatic heterocycles. The number of hydrogen-bond donors (Lipinski definition) is 1. The zero-order chi connectivity index (χ0) is 13.4. The molecule has 1 fully saturated rings. The highest BCUT2D eigenvalue weighted by atomic mass is 32.1. The summed E-state index contributed by atoms with van der Waals surface area (Å²) in [5.41, 5.74) is 1.60. The van der Waals surface area contributed by atoms with Gasteiger partial charge >= 0.3 is 0 Å². The van der Waals surface area contributed by atoms with E-state index < -0.39 is 0 Å². The third kappa shape index (κ3) is 2.53. The van der Waals surface area contributed by atoms with Crippen molar-refractivity contribution in [3.05, 3.63) is 33.2 Å². The first-order chi connectivity index (χ1) is 9.15. The van der Waals surface area contributed by atoms with Gasteiger partial charge in [-0.05, 0) is 19.8 Å². The topological polar surface area (TPSA) is 63.5 Å². The molecule has 1 N–H and O–H groups in total. The van der Waals surface area contributed by atoms with Crippen LogP contribution in [0.4, 0.5) is 0 Å². The molecule has 0 spiro atoms. The van der Waals surface area contributed by atoms with Gasteiger partial charge in [0, 0.05) is 41.7 Å². The van der Waals surface area contributed by atoms with E-state index in [0.29, 0.717) is 17.9 Å². The fourth-order valence-corrected chi connectivity index (χ4v) is 3.04. The van der Waals surface area contributed by atoms with Crippen molar-refractivity contribution >= 4 is 22.2 Å². The minimum Gasteiger partial charge on any atom is -0.355 e. The highest BCUT2D eigenvalue weighted by Crippen LogP contribution is 2.28. The Morgan fingerprint density at radius 3 is 3.11 bits per heavy atom. The number of thiazole rings is 1. The molecule has 5 nitrogen and oxygen atoms in total. The Morgan fingerprint density at radius 1 is 1.58 bits per heavy atom. The van der Waals surface area contributed by atoms with Crippen LogP contribution in [0.1, 0.15) is 24.2 Å². The molecule has 2 aromatic heterocycles. The quantitative estimate of drug-likeness (QED) is 0.911. The van der Waals surface area contributed by atoms with Crippen LogP contribution in [0.3, 0.4) is 0 Å². The van der Waals surface area contributed by atoms with Crippen LogP contribution >= 0.6 is 11.3 Å². The van der Waals surface area contributed by atoms with E-state index in [1.54, 1.807) is 4.40 Å². The zero-order valence-corrected chi connectivity index (χ0v) is 11.5. The number of rotatable bonds is 4. The molecule has 0 aromatic carbocycles. The summed E-state index contributed by atoms with van der Waals surface area (Å²) in [6, 6.07) is 1.53. The van der Waals surface area contributed by atoms with Crippen LogP contribution in [-0.2, 0) is 11.2 Å². The predicted octanol–water partition coefficient (Wildman–Crippen LogP) is 1.13. The second-order valence-corrected chi connectivity index (χ2v) is 5.73. The second kappa shape index (κ2) is 4.77. The second-order valence-electron chi connectivity index (χ2n) is 4.90. The van der Waals surface area contributed by atoms with Crippen molar-refractivity contribution in [2.24, 2.45) is 5.92 Å². The summed E-state index contributed by atoms with van der Waals surface area (Å²) >= 11 is 1.46. The van der Waals surface area contributed by atoms with E-state index in [1.807, 2.05) is 12.3 Å². The van der Waals surface area contributed by atoms with Crippen molar-refractivity contribution in [1.29, 1.82) is 0 Å². The molecular weight excluding hydrogens is 262 g/mol. The van der Waals surface area contributed by atoms with Crippen LogP contribution in [0.5, 0.6) is 0 Å². The van der Waals surface area contributed by atoms with Crippen LogP contribution < -0.4 is 10.9 Å². The van der Waals surface area contributed by atoms with Gasteiger partial charge in [-0.25, -0.2) is 4.98 Å². The summed E-state index contributed by atoms with van der Waals surface area (Å²) in [7, 11) is 0. The smallest absolute Gasteiger partial charge is 0.258 e.